The molecule has 0 aliphatic heterocycles. The van der Waals surface area contributed by atoms with Crippen LogP contribution < -0.4 is 0 Å². The van der Waals surface area contributed by atoms with E-state index < -0.39 is 5.97 Å². The number of carboxylic acids is 1. The van der Waals surface area contributed by atoms with Gasteiger partial charge in [-0.3, -0.25) is 9.59 Å². The van der Waals surface area contributed by atoms with E-state index in [0.29, 0.717) is 6.42 Å². The number of carbonyl (C=O) groups excluding carboxylic acids is 1. The van der Waals surface area contributed by atoms with Crippen molar-refractivity contribution < 1.29 is 14.7 Å². The van der Waals surface area contributed by atoms with Crippen molar-refractivity contribution >= 4 is 11.9 Å². The molecule has 0 heterocycles. The second-order valence-electron chi connectivity index (χ2n) is 3.30. The maximum absolute atomic E-state index is 11.5. The number of carboxylic acid groups (broad SMARTS) is 1. The Morgan fingerprint density at radius 1 is 1.40 bits per heavy atom. The summed E-state index contributed by atoms with van der Waals surface area (Å²) >= 11 is 0. The zero-order chi connectivity index (χ0) is 11.7. The fourth-order valence-corrected chi connectivity index (χ4v) is 1.19. The molecule has 4 heteroatoms. The Bertz CT molecular complexity index is 255. The molecule has 0 unspecified atom stereocenters. The SMILES string of the molecule is C#CCN(CC(=O)O)C(=O)CCCCC. The Hall–Kier alpha value is -1.50. The fourth-order valence-electron chi connectivity index (χ4n) is 1.19. The van der Waals surface area contributed by atoms with E-state index in [4.69, 9.17) is 11.5 Å². The largest absolute Gasteiger partial charge is 0.480 e. The molecule has 0 aromatic rings. The third-order valence-corrected chi connectivity index (χ3v) is 1.96. The predicted octanol–water partition coefficient (Wildman–Crippen LogP) is 1.11. The molecular formula is C11H17NO3. The van der Waals surface area contributed by atoms with Gasteiger partial charge in [-0.25, -0.2) is 0 Å². The second-order valence-corrected chi connectivity index (χ2v) is 3.30. The molecule has 0 aromatic carbocycles. The van der Waals surface area contributed by atoms with Crippen LogP contribution in [0.3, 0.4) is 0 Å². The van der Waals surface area contributed by atoms with Crippen molar-refractivity contribution in [3.63, 3.8) is 0 Å². The highest BCUT2D eigenvalue weighted by Crippen LogP contribution is 2.02. The van der Waals surface area contributed by atoms with Gasteiger partial charge in [0.25, 0.3) is 0 Å². The number of amides is 1. The Morgan fingerprint density at radius 2 is 2.07 bits per heavy atom. The van der Waals surface area contributed by atoms with Crippen molar-refractivity contribution in [3.05, 3.63) is 0 Å². The van der Waals surface area contributed by atoms with Crippen LogP contribution in [0.1, 0.15) is 32.6 Å². The summed E-state index contributed by atoms with van der Waals surface area (Å²) in [6.45, 7) is 1.80. The van der Waals surface area contributed by atoms with E-state index in [0.717, 1.165) is 19.3 Å². The van der Waals surface area contributed by atoms with Crippen LogP contribution in [0.2, 0.25) is 0 Å². The molecule has 0 spiro atoms. The van der Waals surface area contributed by atoms with Crippen LogP contribution >= 0.6 is 0 Å². The van der Waals surface area contributed by atoms with Crippen molar-refractivity contribution in [3.8, 4) is 12.3 Å². The Morgan fingerprint density at radius 3 is 2.53 bits per heavy atom. The molecule has 0 aliphatic carbocycles. The molecule has 0 bridgehead atoms. The normalized spacial score (nSPS) is 9.33. The standard InChI is InChI=1S/C11H17NO3/c1-3-5-6-7-10(13)12(8-4-2)9-11(14)15/h2H,3,5-9H2,1H3,(H,14,15). The first-order chi connectivity index (χ1) is 7.11. The van der Waals surface area contributed by atoms with Gasteiger partial charge in [-0.2, -0.15) is 0 Å². The van der Waals surface area contributed by atoms with E-state index in [2.05, 4.69) is 5.92 Å². The lowest BCUT2D eigenvalue weighted by Gasteiger charge is -2.17. The topological polar surface area (TPSA) is 57.6 Å². The summed E-state index contributed by atoms with van der Waals surface area (Å²) in [5.41, 5.74) is 0. The fraction of sp³-hybridized carbons (Fsp3) is 0.636. The van der Waals surface area contributed by atoms with Gasteiger partial charge in [0.05, 0.1) is 6.54 Å². The number of nitrogens with zero attached hydrogens (tertiary/aromatic N) is 1. The summed E-state index contributed by atoms with van der Waals surface area (Å²) in [7, 11) is 0. The van der Waals surface area contributed by atoms with Crippen molar-refractivity contribution in [2.45, 2.75) is 32.6 Å². The molecule has 0 aromatic heterocycles. The third kappa shape index (κ3) is 6.55. The number of rotatable bonds is 7. The second kappa shape index (κ2) is 7.86. The smallest absolute Gasteiger partial charge is 0.323 e. The maximum Gasteiger partial charge on any atom is 0.323 e. The third-order valence-electron chi connectivity index (χ3n) is 1.96. The minimum atomic E-state index is -1.03. The molecule has 0 rings (SSSR count). The highest BCUT2D eigenvalue weighted by molar-refractivity contribution is 5.81. The van der Waals surface area contributed by atoms with Crippen molar-refractivity contribution in [2.75, 3.05) is 13.1 Å². The minimum Gasteiger partial charge on any atom is -0.480 e. The molecular weight excluding hydrogens is 194 g/mol. The number of terminal acetylenes is 1. The first-order valence-electron chi connectivity index (χ1n) is 5.04. The first kappa shape index (κ1) is 13.5. The number of unbranched alkanes of at least 4 members (excludes halogenated alkanes) is 2. The van der Waals surface area contributed by atoms with Gasteiger partial charge in [0.15, 0.2) is 0 Å². The van der Waals surface area contributed by atoms with E-state index in [1.165, 1.54) is 4.90 Å². The van der Waals surface area contributed by atoms with Crippen LogP contribution in [0, 0.1) is 12.3 Å². The molecule has 1 N–H and O–H groups in total. The van der Waals surface area contributed by atoms with E-state index in [9.17, 15) is 9.59 Å². The van der Waals surface area contributed by atoms with Crippen molar-refractivity contribution in [1.82, 2.24) is 4.90 Å². The van der Waals surface area contributed by atoms with Crippen LogP contribution in [0.15, 0.2) is 0 Å². The minimum absolute atomic E-state index is 0.0667. The average molecular weight is 211 g/mol. The van der Waals surface area contributed by atoms with Gasteiger partial charge >= 0.3 is 5.97 Å². The van der Waals surface area contributed by atoms with Crippen LogP contribution in [-0.2, 0) is 9.59 Å². The zero-order valence-electron chi connectivity index (χ0n) is 9.03. The van der Waals surface area contributed by atoms with Crippen LogP contribution in [0.4, 0.5) is 0 Å². The van der Waals surface area contributed by atoms with Crippen LogP contribution in [-0.4, -0.2) is 35.0 Å². The predicted molar refractivity (Wildman–Crippen MR) is 57.2 cm³/mol. The summed E-state index contributed by atoms with van der Waals surface area (Å²) in [5, 5.41) is 8.57. The lowest BCUT2D eigenvalue weighted by Crippen LogP contribution is -2.35. The zero-order valence-corrected chi connectivity index (χ0v) is 9.03. The molecule has 1 amide bonds. The van der Waals surface area contributed by atoms with Gasteiger partial charge in [0.2, 0.25) is 5.91 Å². The van der Waals surface area contributed by atoms with E-state index in [1.807, 2.05) is 6.92 Å². The Kier molecular flexibility index (Phi) is 7.08. The van der Waals surface area contributed by atoms with E-state index in [-0.39, 0.29) is 19.0 Å². The molecule has 0 saturated heterocycles. The van der Waals surface area contributed by atoms with Gasteiger partial charge in [-0.15, -0.1) is 6.42 Å². The lowest BCUT2D eigenvalue weighted by atomic mass is 10.2. The maximum atomic E-state index is 11.5. The Labute approximate surface area is 90.3 Å². The number of aliphatic carboxylic acids is 1. The highest BCUT2D eigenvalue weighted by atomic mass is 16.4. The Balaban J connectivity index is 4.05. The van der Waals surface area contributed by atoms with Crippen molar-refractivity contribution in [2.24, 2.45) is 0 Å². The van der Waals surface area contributed by atoms with Gasteiger partial charge in [-0.1, -0.05) is 25.7 Å². The van der Waals surface area contributed by atoms with Gasteiger partial charge in [0, 0.05) is 6.42 Å². The molecule has 15 heavy (non-hydrogen) atoms. The average Bonchev–Trinajstić information content (AvgIpc) is 2.17. The summed E-state index contributed by atoms with van der Waals surface area (Å²) in [6, 6.07) is 0. The quantitative estimate of drug-likeness (QED) is 0.507. The van der Waals surface area contributed by atoms with Gasteiger partial charge < -0.3 is 10.0 Å². The molecule has 4 nitrogen and oxygen atoms in total. The summed E-state index contributed by atoms with van der Waals surface area (Å²) in [5.74, 6) is 1.08. The summed E-state index contributed by atoms with van der Waals surface area (Å²) < 4.78 is 0. The highest BCUT2D eigenvalue weighted by Gasteiger charge is 2.14. The summed E-state index contributed by atoms with van der Waals surface area (Å²) in [6.07, 6.45) is 8.23. The van der Waals surface area contributed by atoms with Gasteiger partial charge in [0.1, 0.15) is 6.54 Å². The number of hydrogen-bond donors (Lipinski definition) is 1. The summed E-state index contributed by atoms with van der Waals surface area (Å²) in [4.78, 5) is 23.2. The molecule has 0 saturated carbocycles. The first-order valence-corrected chi connectivity index (χ1v) is 5.04. The van der Waals surface area contributed by atoms with Crippen LogP contribution in [0.25, 0.3) is 0 Å². The van der Waals surface area contributed by atoms with Gasteiger partial charge in [-0.05, 0) is 6.42 Å². The lowest BCUT2D eigenvalue weighted by molar-refractivity contribution is -0.144. The number of carbonyl (C=O) groups is 2. The van der Waals surface area contributed by atoms with Crippen molar-refractivity contribution in [1.29, 1.82) is 0 Å². The van der Waals surface area contributed by atoms with E-state index in [1.54, 1.807) is 0 Å². The molecule has 0 fully saturated rings. The number of hydrogen-bond acceptors (Lipinski definition) is 2. The van der Waals surface area contributed by atoms with Crippen LogP contribution in [0.5, 0.6) is 0 Å². The monoisotopic (exact) mass is 211 g/mol. The molecule has 0 atom stereocenters. The molecule has 0 aliphatic rings. The molecule has 84 valence electrons. The molecule has 0 radical (unpaired) electrons. The van der Waals surface area contributed by atoms with E-state index >= 15 is 0 Å².